The van der Waals surface area contributed by atoms with Crippen LogP contribution >= 0.6 is 0 Å². The van der Waals surface area contributed by atoms with Crippen LogP contribution in [0.1, 0.15) is 0 Å². The van der Waals surface area contributed by atoms with Gasteiger partial charge in [-0.25, -0.2) is 0 Å². The molecule has 0 spiro atoms. The Morgan fingerprint density at radius 2 is 1.35 bits per heavy atom. The molecule has 2 nitrogen and oxygen atoms in total. The molecule has 0 unspecified atom stereocenters. The van der Waals surface area contributed by atoms with Gasteiger partial charge in [-0.15, -0.1) is 0 Å². The van der Waals surface area contributed by atoms with E-state index in [1.165, 1.54) is 10.8 Å². The van der Waals surface area contributed by atoms with Crippen molar-refractivity contribution in [3.8, 4) is 5.75 Å². The normalized spacial score (nSPS) is 10.9. The second-order valence-electron chi connectivity index (χ2n) is 3.95. The number of benzene rings is 3. The first kappa shape index (κ1) is 10.1. The van der Waals surface area contributed by atoms with Crippen LogP contribution in [0.25, 0.3) is 21.5 Å². The van der Waals surface area contributed by atoms with E-state index in [4.69, 9.17) is 4.84 Å². The van der Waals surface area contributed by atoms with Crippen LogP contribution in [0.5, 0.6) is 5.75 Å². The minimum absolute atomic E-state index is 0.890. The summed E-state index contributed by atoms with van der Waals surface area (Å²) in [6.07, 6.45) is 0. The molecule has 0 bridgehead atoms. The molecule has 0 aliphatic rings. The van der Waals surface area contributed by atoms with Crippen LogP contribution in [0.3, 0.4) is 0 Å². The predicted octanol–water partition coefficient (Wildman–Crippen LogP) is 3.51. The van der Waals surface area contributed by atoms with E-state index in [1.54, 1.807) is 7.05 Å². The zero-order valence-corrected chi connectivity index (χ0v) is 9.60. The van der Waals surface area contributed by atoms with Crippen LogP contribution in [0.2, 0.25) is 0 Å². The molecule has 0 radical (unpaired) electrons. The van der Waals surface area contributed by atoms with Crippen molar-refractivity contribution in [3.63, 3.8) is 0 Å². The first-order chi connectivity index (χ1) is 8.40. The minimum atomic E-state index is 0.890. The Kier molecular flexibility index (Phi) is 2.42. The molecule has 17 heavy (non-hydrogen) atoms. The summed E-state index contributed by atoms with van der Waals surface area (Å²) >= 11 is 0. The second kappa shape index (κ2) is 4.07. The monoisotopic (exact) mass is 223 g/mol. The highest BCUT2D eigenvalue weighted by molar-refractivity contribution is 6.05. The van der Waals surface area contributed by atoms with Crippen molar-refractivity contribution in [2.24, 2.45) is 0 Å². The number of hydrogen-bond donors (Lipinski definition) is 1. The molecular formula is C15H13NO. The molecule has 0 aliphatic heterocycles. The lowest BCUT2D eigenvalue weighted by Gasteiger charge is -2.11. The summed E-state index contributed by atoms with van der Waals surface area (Å²) in [5, 5.41) is 4.63. The molecule has 0 saturated heterocycles. The summed E-state index contributed by atoms with van der Waals surface area (Å²) in [5.41, 5.74) is 2.77. The summed E-state index contributed by atoms with van der Waals surface area (Å²) in [5.74, 6) is 0.890. The minimum Gasteiger partial charge on any atom is -0.408 e. The molecule has 0 aliphatic carbocycles. The number of nitrogens with one attached hydrogen (secondary N) is 1. The Labute approximate surface area is 99.8 Å². The van der Waals surface area contributed by atoms with Crippen LogP contribution in [0.4, 0.5) is 0 Å². The molecule has 2 heteroatoms. The van der Waals surface area contributed by atoms with E-state index in [9.17, 15) is 0 Å². The Balaban J connectivity index is 2.47. The van der Waals surface area contributed by atoms with E-state index in [2.05, 4.69) is 35.8 Å². The standard InChI is InChI=1S/C15H13NO/c1-16-17-15-13-8-4-2-6-11(13)10-12-7-3-5-9-14(12)15/h2-10,16H,1H3. The molecular weight excluding hydrogens is 210 g/mol. The van der Waals surface area contributed by atoms with Gasteiger partial charge in [0.1, 0.15) is 0 Å². The van der Waals surface area contributed by atoms with E-state index >= 15 is 0 Å². The van der Waals surface area contributed by atoms with Gasteiger partial charge in [-0.2, -0.15) is 5.48 Å². The maximum Gasteiger partial charge on any atom is 0.162 e. The molecule has 3 aromatic carbocycles. The van der Waals surface area contributed by atoms with E-state index in [-0.39, 0.29) is 0 Å². The zero-order chi connectivity index (χ0) is 11.7. The predicted molar refractivity (Wildman–Crippen MR) is 71.1 cm³/mol. The molecule has 1 N–H and O–H groups in total. The summed E-state index contributed by atoms with van der Waals surface area (Å²) in [7, 11) is 1.77. The highest BCUT2D eigenvalue weighted by Crippen LogP contribution is 2.34. The lowest BCUT2D eigenvalue weighted by atomic mass is 10.0. The van der Waals surface area contributed by atoms with Crippen LogP contribution < -0.4 is 10.3 Å². The third-order valence-electron chi connectivity index (χ3n) is 2.93. The summed E-state index contributed by atoms with van der Waals surface area (Å²) < 4.78 is 0. The molecule has 3 rings (SSSR count). The SMILES string of the molecule is CNOc1c2ccccc2cc2ccccc12. The number of hydroxylamine groups is 1. The average molecular weight is 223 g/mol. The number of rotatable bonds is 2. The first-order valence-corrected chi connectivity index (χ1v) is 5.64. The molecule has 3 aromatic rings. The zero-order valence-electron chi connectivity index (χ0n) is 9.60. The Bertz CT molecular complexity index is 622. The van der Waals surface area contributed by atoms with Crippen molar-refractivity contribution < 1.29 is 4.84 Å². The van der Waals surface area contributed by atoms with Gasteiger partial charge in [0.05, 0.1) is 0 Å². The lowest BCUT2D eigenvalue weighted by molar-refractivity contribution is 0.230. The highest BCUT2D eigenvalue weighted by Gasteiger charge is 2.07. The highest BCUT2D eigenvalue weighted by atomic mass is 16.6. The lowest BCUT2D eigenvalue weighted by Crippen LogP contribution is -2.11. The summed E-state index contributed by atoms with van der Waals surface area (Å²) in [6, 6.07) is 18.7. The summed E-state index contributed by atoms with van der Waals surface area (Å²) in [4.78, 5) is 5.58. The second-order valence-corrected chi connectivity index (χ2v) is 3.95. The first-order valence-electron chi connectivity index (χ1n) is 5.64. The number of fused-ring (bicyclic) bond motifs is 2. The fourth-order valence-electron chi connectivity index (χ4n) is 2.18. The van der Waals surface area contributed by atoms with Gasteiger partial charge in [0, 0.05) is 17.8 Å². The van der Waals surface area contributed by atoms with Crippen LogP contribution in [-0.4, -0.2) is 7.05 Å². The van der Waals surface area contributed by atoms with Crippen LogP contribution in [-0.2, 0) is 0 Å². The Morgan fingerprint density at radius 1 is 0.824 bits per heavy atom. The van der Waals surface area contributed by atoms with Gasteiger partial charge in [0.15, 0.2) is 5.75 Å². The van der Waals surface area contributed by atoms with E-state index < -0.39 is 0 Å². The third kappa shape index (κ3) is 1.63. The van der Waals surface area contributed by atoms with Crippen molar-refractivity contribution in [3.05, 3.63) is 54.6 Å². The van der Waals surface area contributed by atoms with Crippen LogP contribution in [0, 0.1) is 0 Å². The largest absolute Gasteiger partial charge is 0.408 e. The maximum atomic E-state index is 5.58. The molecule has 84 valence electrons. The van der Waals surface area contributed by atoms with Gasteiger partial charge in [0.2, 0.25) is 0 Å². The Morgan fingerprint density at radius 3 is 1.88 bits per heavy atom. The van der Waals surface area contributed by atoms with Gasteiger partial charge in [-0.1, -0.05) is 48.5 Å². The maximum absolute atomic E-state index is 5.58. The Hall–Kier alpha value is -2.06. The van der Waals surface area contributed by atoms with Crippen molar-refractivity contribution in [1.82, 2.24) is 5.48 Å². The van der Waals surface area contributed by atoms with Crippen molar-refractivity contribution in [2.75, 3.05) is 7.05 Å². The van der Waals surface area contributed by atoms with Crippen molar-refractivity contribution in [2.45, 2.75) is 0 Å². The molecule has 0 aromatic heterocycles. The van der Waals surface area contributed by atoms with Gasteiger partial charge in [-0.3, -0.25) is 0 Å². The molecule has 0 amide bonds. The van der Waals surface area contributed by atoms with E-state index in [0.717, 1.165) is 16.5 Å². The van der Waals surface area contributed by atoms with Gasteiger partial charge < -0.3 is 4.84 Å². The fourth-order valence-corrected chi connectivity index (χ4v) is 2.18. The van der Waals surface area contributed by atoms with E-state index in [0.29, 0.717) is 0 Å². The number of hydrogen-bond acceptors (Lipinski definition) is 2. The third-order valence-corrected chi connectivity index (χ3v) is 2.93. The van der Waals surface area contributed by atoms with Crippen molar-refractivity contribution in [1.29, 1.82) is 0 Å². The molecule has 0 heterocycles. The van der Waals surface area contributed by atoms with E-state index in [1.807, 2.05) is 24.3 Å². The average Bonchev–Trinajstić information content (AvgIpc) is 2.39. The smallest absolute Gasteiger partial charge is 0.162 e. The quantitative estimate of drug-likeness (QED) is 0.530. The van der Waals surface area contributed by atoms with Gasteiger partial charge in [0.25, 0.3) is 0 Å². The molecule has 0 saturated carbocycles. The topological polar surface area (TPSA) is 21.3 Å². The fraction of sp³-hybridized carbons (Fsp3) is 0.0667. The summed E-state index contributed by atoms with van der Waals surface area (Å²) in [6.45, 7) is 0. The van der Waals surface area contributed by atoms with Gasteiger partial charge >= 0.3 is 0 Å². The molecule has 0 fully saturated rings. The van der Waals surface area contributed by atoms with Gasteiger partial charge in [-0.05, 0) is 16.8 Å². The van der Waals surface area contributed by atoms with Crippen LogP contribution in [0.15, 0.2) is 54.6 Å². The van der Waals surface area contributed by atoms with Crippen molar-refractivity contribution >= 4 is 21.5 Å². The molecule has 0 atom stereocenters.